The number of H-pyrrole nitrogens is 1. The first-order valence-electron chi connectivity index (χ1n) is 6.22. The lowest BCUT2D eigenvalue weighted by Crippen LogP contribution is -2.33. The zero-order chi connectivity index (χ0) is 13.3. The van der Waals surface area contributed by atoms with E-state index in [1.165, 1.54) is 4.40 Å². The second-order valence-corrected chi connectivity index (χ2v) is 4.80. The Morgan fingerprint density at radius 1 is 1.44 bits per heavy atom. The summed E-state index contributed by atoms with van der Waals surface area (Å²) in [4.78, 5) is 15.9. The van der Waals surface area contributed by atoms with Crippen LogP contribution in [-0.4, -0.2) is 25.1 Å². The van der Waals surface area contributed by atoms with Crippen molar-refractivity contribution >= 4 is 11.5 Å². The second-order valence-electron chi connectivity index (χ2n) is 4.80. The predicted molar refractivity (Wildman–Crippen MR) is 71.0 cm³/mol. The number of hydrogen-bond acceptors (Lipinski definition) is 4. The molecule has 0 aliphatic rings. The quantitative estimate of drug-likeness (QED) is 0.865. The Kier molecular flexibility index (Phi) is 3.11. The number of aryl methyl sites for hydroxylation is 1. The minimum Gasteiger partial charge on any atom is -0.365 e. The second kappa shape index (κ2) is 4.44. The van der Waals surface area contributed by atoms with E-state index in [-0.39, 0.29) is 11.2 Å². The molecule has 2 rings (SSSR count). The first kappa shape index (κ1) is 12.6. The zero-order valence-electron chi connectivity index (χ0n) is 11.2. The molecule has 0 radical (unpaired) electrons. The lowest BCUT2D eigenvalue weighted by Gasteiger charge is -2.28. The summed E-state index contributed by atoms with van der Waals surface area (Å²) >= 11 is 0. The molecule has 0 saturated heterocycles. The Hall–Kier alpha value is -1.85. The highest BCUT2D eigenvalue weighted by molar-refractivity contribution is 5.50. The Morgan fingerprint density at radius 3 is 2.72 bits per heavy atom. The standard InChI is InChI=1S/C12H19N5O/c1-5-12(4,6-2)14-9-7-10-15-16-11(18)17(10)8(3)13-9/h7,14H,5-6H2,1-4H3,(H,16,18). The van der Waals surface area contributed by atoms with E-state index >= 15 is 0 Å². The first-order valence-corrected chi connectivity index (χ1v) is 6.22. The molecule has 0 amide bonds. The summed E-state index contributed by atoms with van der Waals surface area (Å²) < 4.78 is 1.46. The Bertz CT molecular complexity index is 608. The number of fused-ring (bicyclic) bond motifs is 1. The molecule has 0 atom stereocenters. The summed E-state index contributed by atoms with van der Waals surface area (Å²) in [7, 11) is 0. The molecular formula is C12H19N5O. The Labute approximate surface area is 105 Å². The van der Waals surface area contributed by atoms with Crippen LogP contribution in [0.15, 0.2) is 10.9 Å². The van der Waals surface area contributed by atoms with E-state index in [9.17, 15) is 4.79 Å². The van der Waals surface area contributed by atoms with Crippen molar-refractivity contribution in [2.24, 2.45) is 0 Å². The molecule has 0 fully saturated rings. The minimum absolute atomic E-state index is 0.00832. The average Bonchev–Trinajstić information content (AvgIpc) is 2.71. The number of anilines is 1. The SMILES string of the molecule is CCC(C)(CC)Nc1cc2n[nH]c(=O)n2c(C)n1. The number of nitrogens with one attached hydrogen (secondary N) is 2. The van der Waals surface area contributed by atoms with Crippen molar-refractivity contribution in [3.05, 3.63) is 22.4 Å². The van der Waals surface area contributed by atoms with Crippen molar-refractivity contribution in [2.75, 3.05) is 5.32 Å². The van der Waals surface area contributed by atoms with Gasteiger partial charge in [0.05, 0.1) is 0 Å². The maximum Gasteiger partial charge on any atom is 0.349 e. The summed E-state index contributed by atoms with van der Waals surface area (Å²) in [5.74, 6) is 1.38. The molecule has 0 bridgehead atoms. The zero-order valence-corrected chi connectivity index (χ0v) is 11.2. The van der Waals surface area contributed by atoms with Gasteiger partial charge in [0.2, 0.25) is 0 Å². The van der Waals surface area contributed by atoms with Crippen LogP contribution in [0.25, 0.3) is 5.65 Å². The summed E-state index contributed by atoms with van der Waals surface area (Å²) in [6.45, 7) is 8.23. The van der Waals surface area contributed by atoms with Gasteiger partial charge in [0, 0.05) is 11.6 Å². The molecule has 6 nitrogen and oxygen atoms in total. The van der Waals surface area contributed by atoms with Gasteiger partial charge >= 0.3 is 5.69 Å². The van der Waals surface area contributed by atoms with Crippen molar-refractivity contribution in [2.45, 2.75) is 46.1 Å². The molecule has 0 unspecified atom stereocenters. The van der Waals surface area contributed by atoms with Gasteiger partial charge in [0.15, 0.2) is 5.65 Å². The topological polar surface area (TPSA) is 75.1 Å². The van der Waals surface area contributed by atoms with Gasteiger partial charge in [0.25, 0.3) is 0 Å². The molecule has 0 aromatic carbocycles. The molecule has 2 aromatic rings. The van der Waals surface area contributed by atoms with Gasteiger partial charge < -0.3 is 5.32 Å². The number of aromatic nitrogens is 4. The van der Waals surface area contributed by atoms with Crippen molar-refractivity contribution in [3.8, 4) is 0 Å². The van der Waals surface area contributed by atoms with Gasteiger partial charge in [-0.1, -0.05) is 13.8 Å². The van der Waals surface area contributed by atoms with Crippen LogP contribution in [0.2, 0.25) is 0 Å². The highest BCUT2D eigenvalue weighted by Crippen LogP contribution is 2.20. The largest absolute Gasteiger partial charge is 0.365 e. The molecule has 2 N–H and O–H groups in total. The normalized spacial score (nSPS) is 12.0. The van der Waals surface area contributed by atoms with Crippen LogP contribution in [-0.2, 0) is 0 Å². The van der Waals surface area contributed by atoms with Crippen LogP contribution < -0.4 is 11.0 Å². The van der Waals surface area contributed by atoms with Crippen molar-refractivity contribution in [3.63, 3.8) is 0 Å². The van der Waals surface area contributed by atoms with Gasteiger partial charge in [-0.3, -0.25) is 0 Å². The fraction of sp³-hybridized carbons (Fsp3) is 0.583. The molecule has 2 heterocycles. The fourth-order valence-electron chi connectivity index (χ4n) is 1.90. The predicted octanol–water partition coefficient (Wildman–Crippen LogP) is 1.72. The lowest BCUT2D eigenvalue weighted by atomic mass is 9.96. The summed E-state index contributed by atoms with van der Waals surface area (Å²) in [5, 5.41) is 9.81. The Balaban J connectivity index is 2.44. The smallest absolute Gasteiger partial charge is 0.349 e. The van der Waals surface area contributed by atoms with E-state index in [0.717, 1.165) is 18.7 Å². The minimum atomic E-state index is -0.254. The molecule has 18 heavy (non-hydrogen) atoms. The molecule has 0 saturated carbocycles. The van der Waals surface area contributed by atoms with E-state index in [2.05, 4.69) is 41.3 Å². The highest BCUT2D eigenvalue weighted by atomic mass is 16.1. The maximum atomic E-state index is 11.5. The van der Waals surface area contributed by atoms with Gasteiger partial charge in [0.1, 0.15) is 11.6 Å². The van der Waals surface area contributed by atoms with E-state index < -0.39 is 0 Å². The molecule has 0 aliphatic carbocycles. The molecular weight excluding hydrogens is 230 g/mol. The van der Waals surface area contributed by atoms with Crippen LogP contribution in [0.5, 0.6) is 0 Å². The van der Waals surface area contributed by atoms with Crippen molar-refractivity contribution < 1.29 is 0 Å². The number of rotatable bonds is 4. The molecule has 2 aromatic heterocycles. The molecule has 6 heteroatoms. The lowest BCUT2D eigenvalue weighted by molar-refractivity contribution is 0.476. The van der Waals surface area contributed by atoms with Crippen LogP contribution in [0, 0.1) is 6.92 Å². The van der Waals surface area contributed by atoms with Crippen molar-refractivity contribution in [1.82, 2.24) is 19.6 Å². The third-order valence-corrected chi connectivity index (χ3v) is 3.56. The molecule has 0 spiro atoms. The monoisotopic (exact) mass is 249 g/mol. The number of nitrogens with zero attached hydrogens (tertiary/aromatic N) is 3. The van der Waals surface area contributed by atoms with E-state index in [1.807, 2.05) is 0 Å². The fourth-order valence-corrected chi connectivity index (χ4v) is 1.90. The number of hydrogen-bond donors (Lipinski definition) is 2. The van der Waals surface area contributed by atoms with E-state index in [4.69, 9.17) is 0 Å². The van der Waals surface area contributed by atoms with Crippen LogP contribution >= 0.6 is 0 Å². The van der Waals surface area contributed by atoms with Crippen molar-refractivity contribution in [1.29, 1.82) is 0 Å². The third-order valence-electron chi connectivity index (χ3n) is 3.56. The highest BCUT2D eigenvalue weighted by Gasteiger charge is 2.20. The van der Waals surface area contributed by atoms with Gasteiger partial charge in [-0.2, -0.15) is 5.10 Å². The summed E-state index contributed by atoms with van der Waals surface area (Å²) in [6, 6.07) is 1.79. The van der Waals surface area contributed by atoms with Gasteiger partial charge in [-0.25, -0.2) is 19.3 Å². The first-order chi connectivity index (χ1) is 8.49. The molecule has 98 valence electrons. The molecule has 0 aliphatic heterocycles. The van der Waals surface area contributed by atoms with Crippen LogP contribution in [0.3, 0.4) is 0 Å². The van der Waals surface area contributed by atoms with E-state index in [0.29, 0.717) is 11.5 Å². The van der Waals surface area contributed by atoms with Crippen LogP contribution in [0.4, 0.5) is 5.82 Å². The number of aromatic amines is 1. The summed E-state index contributed by atoms with van der Waals surface area (Å²) in [6.07, 6.45) is 2.01. The third kappa shape index (κ3) is 2.10. The average molecular weight is 249 g/mol. The van der Waals surface area contributed by atoms with Gasteiger partial charge in [-0.05, 0) is 26.7 Å². The van der Waals surface area contributed by atoms with E-state index in [1.54, 1.807) is 13.0 Å². The summed E-state index contributed by atoms with van der Waals surface area (Å²) in [5.41, 5.74) is 0.342. The Morgan fingerprint density at radius 2 is 2.11 bits per heavy atom. The van der Waals surface area contributed by atoms with Crippen LogP contribution in [0.1, 0.15) is 39.4 Å². The maximum absolute atomic E-state index is 11.5. The van der Waals surface area contributed by atoms with Gasteiger partial charge in [-0.15, -0.1) is 0 Å².